The summed E-state index contributed by atoms with van der Waals surface area (Å²) in [6.07, 6.45) is 0. The molecule has 0 saturated carbocycles. The average molecular weight is 460 g/mol. The molecule has 0 aliphatic heterocycles. The molecule has 0 fully saturated rings. The number of aromatic nitrogens is 1. The van der Waals surface area contributed by atoms with Crippen molar-refractivity contribution in [1.29, 1.82) is 0 Å². The zero-order chi connectivity index (χ0) is 21.3. The molecule has 30 heavy (non-hydrogen) atoms. The molecule has 4 rings (SSSR count). The van der Waals surface area contributed by atoms with Gasteiger partial charge in [-0.1, -0.05) is 59.1 Å². The predicted octanol–water partition coefficient (Wildman–Crippen LogP) is 6.94. The average Bonchev–Trinajstić information content (AvgIpc) is 3.10. The molecule has 1 aromatic heterocycles. The van der Waals surface area contributed by atoms with Gasteiger partial charge in [0, 0.05) is 16.6 Å². The summed E-state index contributed by atoms with van der Waals surface area (Å²) >= 11 is 18.6. The first-order chi connectivity index (χ1) is 14.4. The van der Waals surface area contributed by atoms with Gasteiger partial charge in [0.05, 0.1) is 17.1 Å². The highest BCUT2D eigenvalue weighted by atomic mass is 35.5. The summed E-state index contributed by atoms with van der Waals surface area (Å²) in [5.41, 5.74) is 3.66. The smallest absolute Gasteiger partial charge is 0.256 e. The molecule has 0 saturated heterocycles. The lowest BCUT2D eigenvalue weighted by atomic mass is 10.1. The first kappa shape index (κ1) is 20.7. The Kier molecular flexibility index (Phi) is 6.00. The van der Waals surface area contributed by atoms with Gasteiger partial charge in [-0.15, -0.1) is 0 Å². The van der Waals surface area contributed by atoms with E-state index in [2.05, 4.69) is 4.98 Å². The summed E-state index contributed by atoms with van der Waals surface area (Å²) in [5, 5.41) is 1.32. The molecule has 0 bridgehead atoms. The molecule has 0 aliphatic rings. The highest BCUT2D eigenvalue weighted by Gasteiger charge is 2.22. The third kappa shape index (κ3) is 4.46. The van der Waals surface area contributed by atoms with E-state index >= 15 is 0 Å². The van der Waals surface area contributed by atoms with Gasteiger partial charge in [0.15, 0.2) is 5.58 Å². The number of hydrogen-bond donors (Lipinski definition) is 0. The van der Waals surface area contributed by atoms with Gasteiger partial charge in [-0.05, 0) is 54.4 Å². The second-order valence-corrected chi connectivity index (χ2v) is 8.21. The topological polar surface area (TPSA) is 46.3 Å². The second-order valence-electron chi connectivity index (χ2n) is 6.96. The van der Waals surface area contributed by atoms with Gasteiger partial charge in [-0.3, -0.25) is 4.79 Å². The normalized spacial score (nSPS) is 11.1. The van der Waals surface area contributed by atoms with E-state index in [4.69, 9.17) is 39.2 Å². The Morgan fingerprint density at radius 2 is 1.77 bits per heavy atom. The van der Waals surface area contributed by atoms with Crippen molar-refractivity contribution in [3.63, 3.8) is 0 Å². The standard InChI is InChI=1S/C23H17Cl3N2O2/c1-14-6-9-21-20(10-14)27-22(30-21)13-28(12-15-4-2-3-5-18(15)25)23(29)17-8-7-16(24)11-19(17)26/h2-11H,12-13H2,1H3. The number of benzene rings is 3. The number of carbonyl (C=O) groups excluding carboxylic acids is 1. The number of halogens is 3. The van der Waals surface area contributed by atoms with Gasteiger partial charge in [0.2, 0.25) is 5.89 Å². The quantitative estimate of drug-likeness (QED) is 0.325. The lowest BCUT2D eigenvalue weighted by molar-refractivity contribution is 0.0715. The van der Waals surface area contributed by atoms with Gasteiger partial charge in [0.1, 0.15) is 5.52 Å². The lowest BCUT2D eigenvalue weighted by Crippen LogP contribution is -2.30. The van der Waals surface area contributed by atoms with Gasteiger partial charge in [-0.25, -0.2) is 4.98 Å². The Morgan fingerprint density at radius 3 is 2.53 bits per heavy atom. The van der Waals surface area contributed by atoms with E-state index in [1.165, 1.54) is 0 Å². The van der Waals surface area contributed by atoms with Crippen molar-refractivity contribution in [2.24, 2.45) is 0 Å². The van der Waals surface area contributed by atoms with Crippen LogP contribution in [-0.2, 0) is 13.1 Å². The molecule has 0 atom stereocenters. The summed E-state index contributed by atoms with van der Waals surface area (Å²) < 4.78 is 5.86. The van der Waals surface area contributed by atoms with E-state index in [-0.39, 0.29) is 24.0 Å². The van der Waals surface area contributed by atoms with Crippen LogP contribution in [0.15, 0.2) is 65.1 Å². The molecule has 1 heterocycles. The highest BCUT2D eigenvalue weighted by Crippen LogP contribution is 2.26. The molecule has 0 unspecified atom stereocenters. The fourth-order valence-electron chi connectivity index (χ4n) is 3.18. The van der Waals surface area contributed by atoms with Crippen LogP contribution >= 0.6 is 34.8 Å². The van der Waals surface area contributed by atoms with Gasteiger partial charge >= 0.3 is 0 Å². The van der Waals surface area contributed by atoms with E-state index < -0.39 is 0 Å². The van der Waals surface area contributed by atoms with Crippen LogP contribution < -0.4 is 0 Å². The van der Waals surface area contributed by atoms with Crippen LogP contribution in [0.4, 0.5) is 0 Å². The number of nitrogens with zero attached hydrogens (tertiary/aromatic N) is 2. The first-order valence-electron chi connectivity index (χ1n) is 9.24. The molecule has 0 N–H and O–H groups in total. The fraction of sp³-hybridized carbons (Fsp3) is 0.130. The van der Waals surface area contributed by atoms with E-state index in [0.717, 1.165) is 16.6 Å². The van der Waals surface area contributed by atoms with Crippen LogP contribution in [0.5, 0.6) is 0 Å². The molecule has 0 radical (unpaired) electrons. The van der Waals surface area contributed by atoms with Gasteiger partial charge in [0.25, 0.3) is 5.91 Å². The van der Waals surface area contributed by atoms with Crippen molar-refractivity contribution in [1.82, 2.24) is 9.88 Å². The number of amides is 1. The van der Waals surface area contributed by atoms with E-state index in [1.807, 2.05) is 43.3 Å². The van der Waals surface area contributed by atoms with Crippen molar-refractivity contribution in [2.45, 2.75) is 20.0 Å². The molecule has 7 heteroatoms. The van der Waals surface area contributed by atoms with Crippen molar-refractivity contribution in [3.05, 3.63) is 98.3 Å². The number of aryl methyl sites for hydroxylation is 1. The number of rotatable bonds is 5. The largest absolute Gasteiger partial charge is 0.439 e. The molecule has 4 nitrogen and oxygen atoms in total. The van der Waals surface area contributed by atoms with Gasteiger partial charge in [-0.2, -0.15) is 0 Å². The number of oxazole rings is 1. The summed E-state index contributed by atoms with van der Waals surface area (Å²) in [4.78, 5) is 19.5. The Morgan fingerprint density at radius 1 is 0.967 bits per heavy atom. The Hall–Kier alpha value is -2.53. The minimum absolute atomic E-state index is 0.163. The third-order valence-corrected chi connectivity index (χ3v) is 5.60. The van der Waals surface area contributed by atoms with E-state index in [1.54, 1.807) is 29.2 Å². The molecule has 0 aliphatic carbocycles. The maximum absolute atomic E-state index is 13.4. The van der Waals surface area contributed by atoms with Crippen LogP contribution in [0.25, 0.3) is 11.1 Å². The second kappa shape index (κ2) is 8.68. The summed E-state index contributed by atoms with van der Waals surface area (Å²) in [7, 11) is 0. The zero-order valence-electron chi connectivity index (χ0n) is 16.0. The van der Waals surface area contributed by atoms with Crippen LogP contribution in [0, 0.1) is 6.92 Å². The molecule has 3 aromatic carbocycles. The Bertz CT molecular complexity index is 1240. The molecule has 1 amide bonds. The van der Waals surface area contributed by atoms with Crippen molar-refractivity contribution < 1.29 is 9.21 Å². The Labute approximate surface area is 189 Å². The Balaban J connectivity index is 1.70. The van der Waals surface area contributed by atoms with Crippen LogP contribution in [0.3, 0.4) is 0 Å². The summed E-state index contributed by atoms with van der Waals surface area (Å²) in [6, 6.07) is 18.0. The maximum Gasteiger partial charge on any atom is 0.256 e. The molecular formula is C23H17Cl3N2O2. The minimum Gasteiger partial charge on any atom is -0.439 e. The molecule has 152 valence electrons. The minimum atomic E-state index is -0.268. The monoisotopic (exact) mass is 458 g/mol. The summed E-state index contributed by atoms with van der Waals surface area (Å²) in [5.74, 6) is 0.163. The number of hydrogen-bond acceptors (Lipinski definition) is 3. The highest BCUT2D eigenvalue weighted by molar-refractivity contribution is 6.36. The zero-order valence-corrected chi connectivity index (χ0v) is 18.3. The number of carbonyl (C=O) groups is 1. The predicted molar refractivity (Wildman–Crippen MR) is 120 cm³/mol. The maximum atomic E-state index is 13.4. The molecule has 0 spiro atoms. The summed E-state index contributed by atoms with van der Waals surface area (Å²) in [6.45, 7) is 2.43. The van der Waals surface area contributed by atoms with E-state index in [9.17, 15) is 4.79 Å². The van der Waals surface area contributed by atoms with Gasteiger partial charge < -0.3 is 9.32 Å². The van der Waals surface area contributed by atoms with Crippen LogP contribution in [0.1, 0.15) is 27.4 Å². The molecular weight excluding hydrogens is 443 g/mol. The van der Waals surface area contributed by atoms with Crippen molar-refractivity contribution in [3.8, 4) is 0 Å². The first-order valence-corrected chi connectivity index (χ1v) is 10.4. The van der Waals surface area contributed by atoms with Crippen molar-refractivity contribution >= 4 is 51.8 Å². The number of fused-ring (bicyclic) bond motifs is 1. The fourth-order valence-corrected chi connectivity index (χ4v) is 3.87. The van der Waals surface area contributed by atoms with Crippen molar-refractivity contribution in [2.75, 3.05) is 0 Å². The third-order valence-electron chi connectivity index (χ3n) is 4.68. The lowest BCUT2D eigenvalue weighted by Gasteiger charge is -2.22. The molecule has 4 aromatic rings. The van der Waals surface area contributed by atoms with Crippen LogP contribution in [0.2, 0.25) is 15.1 Å². The van der Waals surface area contributed by atoms with E-state index in [0.29, 0.717) is 27.1 Å². The van der Waals surface area contributed by atoms with Crippen LogP contribution in [-0.4, -0.2) is 15.8 Å². The SMILES string of the molecule is Cc1ccc2oc(CN(Cc3ccccc3Cl)C(=O)c3ccc(Cl)cc3Cl)nc2c1.